The van der Waals surface area contributed by atoms with E-state index >= 15 is 0 Å². The summed E-state index contributed by atoms with van der Waals surface area (Å²) < 4.78 is 5.59. The Labute approximate surface area is 106 Å². The van der Waals surface area contributed by atoms with Gasteiger partial charge in [-0.25, -0.2) is 0 Å². The normalized spacial score (nSPS) is 18.8. The topological polar surface area (TPSA) is 26.3 Å². The lowest BCUT2D eigenvalue weighted by Gasteiger charge is -2.31. The van der Waals surface area contributed by atoms with Crippen LogP contribution in [0.4, 0.5) is 0 Å². The maximum Gasteiger partial charge on any atom is 0.310 e. The number of allylic oxidation sites excluding steroid dienone is 1. The van der Waals surface area contributed by atoms with Gasteiger partial charge in [0, 0.05) is 0 Å². The molecular formula is C14H26O2Si. The molecule has 1 aliphatic rings. The lowest BCUT2D eigenvalue weighted by molar-refractivity contribution is -0.154. The number of carbonyl (C=O) groups is 1. The number of hydrogen-bond acceptors (Lipinski definition) is 2. The quantitative estimate of drug-likeness (QED) is 0.430. The second-order valence-electron chi connectivity index (χ2n) is 7.00. The summed E-state index contributed by atoms with van der Waals surface area (Å²) in [7, 11) is -1.56. The average molecular weight is 254 g/mol. The maximum absolute atomic E-state index is 12.4. The van der Waals surface area contributed by atoms with E-state index in [-0.39, 0.29) is 17.1 Å². The van der Waals surface area contributed by atoms with Crippen LogP contribution < -0.4 is 0 Å². The summed E-state index contributed by atoms with van der Waals surface area (Å²) in [6.45, 7) is 12.6. The number of hydrogen-bond donors (Lipinski definition) is 0. The zero-order chi connectivity index (χ0) is 13.3. The van der Waals surface area contributed by atoms with Crippen molar-refractivity contribution in [2.24, 2.45) is 0 Å². The van der Waals surface area contributed by atoms with E-state index in [1.165, 1.54) is 12.0 Å². The van der Waals surface area contributed by atoms with Gasteiger partial charge >= 0.3 is 5.97 Å². The summed E-state index contributed by atoms with van der Waals surface area (Å²) in [4.78, 5) is 12.4. The van der Waals surface area contributed by atoms with Crippen molar-refractivity contribution in [2.75, 3.05) is 0 Å². The van der Waals surface area contributed by atoms with Gasteiger partial charge in [0.2, 0.25) is 0 Å². The fourth-order valence-corrected chi connectivity index (χ4v) is 4.52. The lowest BCUT2D eigenvalue weighted by atomic mass is 10.1. The van der Waals surface area contributed by atoms with Gasteiger partial charge in [-0.05, 0) is 40.0 Å². The Kier molecular flexibility index (Phi) is 4.23. The summed E-state index contributed by atoms with van der Waals surface area (Å²) in [5.74, 6) is -0.00943. The van der Waals surface area contributed by atoms with Crippen molar-refractivity contribution in [1.82, 2.24) is 0 Å². The van der Waals surface area contributed by atoms with Crippen LogP contribution in [0.5, 0.6) is 0 Å². The maximum atomic E-state index is 12.4. The molecule has 1 aliphatic carbocycles. The second-order valence-corrected chi connectivity index (χ2v) is 12.3. The molecule has 0 amide bonds. The zero-order valence-electron chi connectivity index (χ0n) is 12.1. The standard InChI is InChI=1S/C14H26O2Si/c1-14(2,3)16-13(15)12(17(4,5)6)11-9-7-8-10-11/h9,12H,7-8,10H2,1-6H3. The molecule has 0 aromatic heterocycles. The fraction of sp³-hybridized carbons (Fsp3) is 0.786. The smallest absolute Gasteiger partial charge is 0.310 e. The molecule has 0 spiro atoms. The highest BCUT2D eigenvalue weighted by molar-refractivity contribution is 6.81. The Balaban J connectivity index is 2.88. The molecule has 1 unspecified atom stereocenters. The van der Waals surface area contributed by atoms with E-state index in [2.05, 4.69) is 25.7 Å². The van der Waals surface area contributed by atoms with Crippen molar-refractivity contribution in [3.63, 3.8) is 0 Å². The van der Waals surface area contributed by atoms with E-state index in [4.69, 9.17) is 4.74 Å². The van der Waals surface area contributed by atoms with E-state index in [0.29, 0.717) is 0 Å². The third-order valence-electron chi connectivity index (χ3n) is 2.96. The van der Waals surface area contributed by atoms with Gasteiger partial charge in [0.25, 0.3) is 0 Å². The van der Waals surface area contributed by atoms with Crippen molar-refractivity contribution < 1.29 is 9.53 Å². The Bertz CT molecular complexity index is 318. The molecule has 3 heteroatoms. The van der Waals surface area contributed by atoms with Crippen molar-refractivity contribution in [1.29, 1.82) is 0 Å². The Morgan fingerprint density at radius 1 is 1.35 bits per heavy atom. The fourth-order valence-electron chi connectivity index (χ4n) is 2.38. The molecule has 0 saturated carbocycles. The summed E-state index contributed by atoms with van der Waals surface area (Å²) >= 11 is 0. The van der Waals surface area contributed by atoms with E-state index in [1.54, 1.807) is 0 Å². The predicted octanol–water partition coefficient (Wildman–Crippen LogP) is 4.15. The van der Waals surface area contributed by atoms with Gasteiger partial charge < -0.3 is 4.74 Å². The molecule has 0 aliphatic heterocycles. The molecule has 0 aromatic carbocycles. The van der Waals surface area contributed by atoms with E-state index < -0.39 is 8.07 Å². The van der Waals surface area contributed by atoms with Gasteiger partial charge in [0.05, 0.1) is 13.6 Å². The largest absolute Gasteiger partial charge is 0.460 e. The summed E-state index contributed by atoms with van der Waals surface area (Å²) in [6, 6.07) is 0. The highest BCUT2D eigenvalue weighted by Crippen LogP contribution is 2.38. The molecule has 0 saturated heterocycles. The van der Waals surface area contributed by atoms with Gasteiger partial charge in [0.1, 0.15) is 5.60 Å². The second kappa shape index (κ2) is 4.97. The first-order valence-corrected chi connectivity index (χ1v) is 10.1. The van der Waals surface area contributed by atoms with Crippen LogP contribution in [-0.2, 0) is 9.53 Å². The van der Waals surface area contributed by atoms with Crippen LogP contribution in [0.2, 0.25) is 25.2 Å². The van der Waals surface area contributed by atoms with E-state index in [9.17, 15) is 4.79 Å². The van der Waals surface area contributed by atoms with E-state index in [1.807, 2.05) is 20.8 Å². The minimum atomic E-state index is -1.56. The van der Waals surface area contributed by atoms with Crippen molar-refractivity contribution >= 4 is 14.0 Å². The SMILES string of the molecule is CC(C)(C)OC(=O)C(C1=CCCC1)[Si](C)(C)C. The third-order valence-corrected chi connectivity index (χ3v) is 5.29. The molecule has 0 heterocycles. The zero-order valence-corrected chi connectivity index (χ0v) is 13.1. The van der Waals surface area contributed by atoms with Crippen LogP contribution in [0.15, 0.2) is 11.6 Å². The van der Waals surface area contributed by atoms with Crippen LogP contribution >= 0.6 is 0 Å². The van der Waals surface area contributed by atoms with Gasteiger partial charge in [0.15, 0.2) is 0 Å². The molecule has 0 aromatic rings. The van der Waals surface area contributed by atoms with Gasteiger partial charge in [-0.2, -0.15) is 0 Å². The summed E-state index contributed by atoms with van der Waals surface area (Å²) in [6.07, 6.45) is 5.65. The molecule has 2 nitrogen and oxygen atoms in total. The van der Waals surface area contributed by atoms with Crippen molar-refractivity contribution in [3.05, 3.63) is 11.6 Å². The van der Waals surface area contributed by atoms with Crippen LogP contribution in [0.25, 0.3) is 0 Å². The molecule has 0 bridgehead atoms. The highest BCUT2D eigenvalue weighted by Gasteiger charge is 2.39. The molecule has 17 heavy (non-hydrogen) atoms. The van der Waals surface area contributed by atoms with Gasteiger partial charge in [-0.3, -0.25) is 4.79 Å². The van der Waals surface area contributed by atoms with Crippen molar-refractivity contribution in [2.45, 2.75) is 70.8 Å². The minimum Gasteiger partial charge on any atom is -0.460 e. The molecule has 98 valence electrons. The van der Waals surface area contributed by atoms with Crippen LogP contribution in [-0.4, -0.2) is 19.6 Å². The third kappa shape index (κ3) is 4.30. The van der Waals surface area contributed by atoms with Crippen LogP contribution in [0.1, 0.15) is 40.0 Å². The number of rotatable bonds is 3. The monoisotopic (exact) mass is 254 g/mol. The van der Waals surface area contributed by atoms with Gasteiger partial charge in [-0.15, -0.1) is 0 Å². The Morgan fingerprint density at radius 3 is 2.29 bits per heavy atom. The van der Waals surface area contributed by atoms with Crippen LogP contribution in [0.3, 0.4) is 0 Å². The van der Waals surface area contributed by atoms with Gasteiger partial charge in [-0.1, -0.05) is 31.3 Å². The molecule has 0 radical (unpaired) electrons. The molecule has 0 fully saturated rings. The first-order chi connectivity index (χ1) is 7.61. The molecular weight excluding hydrogens is 228 g/mol. The average Bonchev–Trinajstić information content (AvgIpc) is 2.49. The summed E-state index contributed by atoms with van der Waals surface area (Å²) in [5, 5.41) is 0. The number of carbonyl (C=O) groups excluding carboxylic acids is 1. The Morgan fingerprint density at radius 2 is 1.94 bits per heavy atom. The molecule has 1 atom stereocenters. The molecule has 0 N–H and O–H groups in total. The highest BCUT2D eigenvalue weighted by atomic mass is 28.3. The minimum absolute atomic E-state index is 0.00943. The number of esters is 1. The van der Waals surface area contributed by atoms with E-state index in [0.717, 1.165) is 12.8 Å². The predicted molar refractivity (Wildman–Crippen MR) is 74.9 cm³/mol. The number of ether oxygens (including phenoxy) is 1. The first-order valence-electron chi connectivity index (χ1n) is 6.53. The Hall–Kier alpha value is -0.573. The van der Waals surface area contributed by atoms with Crippen molar-refractivity contribution in [3.8, 4) is 0 Å². The molecule has 1 rings (SSSR count). The summed E-state index contributed by atoms with van der Waals surface area (Å²) in [5.41, 5.74) is 0.997. The first kappa shape index (κ1) is 14.5. The lowest BCUT2D eigenvalue weighted by Crippen LogP contribution is -2.38. The van der Waals surface area contributed by atoms with Crippen LogP contribution in [0, 0.1) is 0 Å².